The SMILES string of the molecule is CCOC(=O)C1=C(CN2CCN(c3ccccc3OCC)CC2)NC(=O)N[C@H]1c1cccs1. The average molecular weight is 471 g/mol. The summed E-state index contributed by atoms with van der Waals surface area (Å²) in [4.78, 5) is 30.8. The number of para-hydroxylation sites is 2. The monoisotopic (exact) mass is 470 g/mol. The van der Waals surface area contributed by atoms with Crippen molar-refractivity contribution in [2.75, 3.05) is 50.8 Å². The van der Waals surface area contributed by atoms with E-state index < -0.39 is 12.0 Å². The van der Waals surface area contributed by atoms with E-state index in [1.165, 1.54) is 11.3 Å². The number of nitrogens with zero attached hydrogens (tertiary/aromatic N) is 2. The van der Waals surface area contributed by atoms with E-state index >= 15 is 0 Å². The summed E-state index contributed by atoms with van der Waals surface area (Å²) >= 11 is 1.51. The Balaban J connectivity index is 1.51. The molecular weight excluding hydrogens is 440 g/mol. The summed E-state index contributed by atoms with van der Waals surface area (Å²) in [5.74, 6) is 0.493. The number of benzene rings is 1. The van der Waals surface area contributed by atoms with Gasteiger partial charge in [-0.25, -0.2) is 9.59 Å². The van der Waals surface area contributed by atoms with Gasteiger partial charge < -0.3 is 25.0 Å². The minimum atomic E-state index is -0.507. The second kappa shape index (κ2) is 10.7. The van der Waals surface area contributed by atoms with Gasteiger partial charge in [0.25, 0.3) is 0 Å². The summed E-state index contributed by atoms with van der Waals surface area (Å²) in [6.45, 7) is 8.40. The fourth-order valence-electron chi connectivity index (χ4n) is 4.23. The van der Waals surface area contributed by atoms with E-state index in [0.717, 1.165) is 42.5 Å². The fraction of sp³-hybridized carbons (Fsp3) is 0.417. The summed E-state index contributed by atoms with van der Waals surface area (Å²) in [5, 5.41) is 7.69. The van der Waals surface area contributed by atoms with Gasteiger partial charge in [-0.3, -0.25) is 4.90 Å². The molecule has 2 amide bonds. The van der Waals surface area contributed by atoms with Crippen molar-refractivity contribution < 1.29 is 19.1 Å². The van der Waals surface area contributed by atoms with Gasteiger partial charge in [0.2, 0.25) is 0 Å². The molecule has 0 spiro atoms. The van der Waals surface area contributed by atoms with Gasteiger partial charge in [0.1, 0.15) is 5.75 Å². The lowest BCUT2D eigenvalue weighted by Gasteiger charge is -2.38. The first kappa shape index (κ1) is 23.1. The van der Waals surface area contributed by atoms with Crippen molar-refractivity contribution in [2.24, 2.45) is 0 Å². The predicted octanol–water partition coefficient (Wildman–Crippen LogP) is 3.14. The highest BCUT2D eigenvalue weighted by Gasteiger charge is 2.35. The molecule has 1 fully saturated rings. The molecule has 33 heavy (non-hydrogen) atoms. The van der Waals surface area contributed by atoms with Crippen LogP contribution >= 0.6 is 11.3 Å². The predicted molar refractivity (Wildman–Crippen MR) is 129 cm³/mol. The van der Waals surface area contributed by atoms with Gasteiger partial charge in [0.05, 0.1) is 30.5 Å². The Morgan fingerprint density at radius 3 is 2.58 bits per heavy atom. The summed E-state index contributed by atoms with van der Waals surface area (Å²) in [7, 11) is 0. The molecule has 0 saturated carbocycles. The second-order valence-corrected chi connectivity index (χ2v) is 8.80. The highest BCUT2D eigenvalue weighted by atomic mass is 32.1. The fourth-order valence-corrected chi connectivity index (χ4v) is 5.01. The molecule has 4 rings (SSSR count). The number of anilines is 1. The molecule has 1 saturated heterocycles. The number of carbonyl (C=O) groups is 2. The molecule has 1 atom stereocenters. The Kier molecular flexibility index (Phi) is 7.51. The van der Waals surface area contributed by atoms with Crippen LogP contribution in [0.1, 0.15) is 24.8 Å². The Morgan fingerprint density at radius 2 is 1.88 bits per heavy atom. The lowest BCUT2D eigenvalue weighted by molar-refractivity contribution is -0.139. The maximum absolute atomic E-state index is 12.9. The highest BCUT2D eigenvalue weighted by Crippen LogP contribution is 2.32. The first-order valence-electron chi connectivity index (χ1n) is 11.3. The van der Waals surface area contributed by atoms with Crippen molar-refractivity contribution in [3.05, 3.63) is 57.9 Å². The van der Waals surface area contributed by atoms with Crippen molar-refractivity contribution in [2.45, 2.75) is 19.9 Å². The first-order valence-corrected chi connectivity index (χ1v) is 12.2. The van der Waals surface area contributed by atoms with E-state index in [9.17, 15) is 9.59 Å². The number of urea groups is 1. The zero-order valence-electron chi connectivity index (χ0n) is 19.0. The molecule has 176 valence electrons. The van der Waals surface area contributed by atoms with Crippen LogP contribution in [0.15, 0.2) is 53.0 Å². The summed E-state index contributed by atoms with van der Waals surface area (Å²) in [5.41, 5.74) is 2.18. The van der Waals surface area contributed by atoms with E-state index in [0.29, 0.717) is 24.4 Å². The lowest BCUT2D eigenvalue weighted by Crippen LogP contribution is -2.51. The number of piperazine rings is 1. The van der Waals surface area contributed by atoms with Crippen molar-refractivity contribution in [1.82, 2.24) is 15.5 Å². The Morgan fingerprint density at radius 1 is 1.09 bits per heavy atom. The van der Waals surface area contributed by atoms with Crippen LogP contribution < -0.4 is 20.3 Å². The van der Waals surface area contributed by atoms with Crippen LogP contribution in [0.25, 0.3) is 0 Å². The molecule has 9 heteroatoms. The van der Waals surface area contributed by atoms with Gasteiger partial charge in [0.15, 0.2) is 0 Å². The number of nitrogens with one attached hydrogen (secondary N) is 2. The van der Waals surface area contributed by atoms with Crippen molar-refractivity contribution in [1.29, 1.82) is 0 Å². The summed E-state index contributed by atoms with van der Waals surface area (Å²) in [6, 6.07) is 11.1. The average Bonchev–Trinajstić information content (AvgIpc) is 3.35. The molecule has 1 aromatic heterocycles. The number of rotatable bonds is 8. The van der Waals surface area contributed by atoms with Gasteiger partial charge >= 0.3 is 12.0 Å². The van der Waals surface area contributed by atoms with E-state index in [1.54, 1.807) is 6.92 Å². The molecule has 0 bridgehead atoms. The molecule has 8 nitrogen and oxygen atoms in total. The number of esters is 1. The van der Waals surface area contributed by atoms with Crippen LogP contribution in [0, 0.1) is 0 Å². The van der Waals surface area contributed by atoms with Gasteiger partial charge in [-0.15, -0.1) is 11.3 Å². The van der Waals surface area contributed by atoms with Crippen molar-refractivity contribution in [3.63, 3.8) is 0 Å². The number of carbonyl (C=O) groups excluding carboxylic acids is 2. The first-order chi connectivity index (χ1) is 16.1. The Hall–Kier alpha value is -3.04. The maximum Gasteiger partial charge on any atom is 0.338 e. The minimum absolute atomic E-state index is 0.276. The molecule has 2 aliphatic heterocycles. The van der Waals surface area contributed by atoms with E-state index in [-0.39, 0.29) is 12.6 Å². The Labute approximate surface area is 198 Å². The molecular formula is C24H30N4O4S. The summed E-state index contributed by atoms with van der Waals surface area (Å²) in [6.07, 6.45) is 0. The normalized spacial score (nSPS) is 19.2. The van der Waals surface area contributed by atoms with Gasteiger partial charge in [-0.2, -0.15) is 0 Å². The van der Waals surface area contributed by atoms with Gasteiger partial charge in [-0.05, 0) is 37.4 Å². The van der Waals surface area contributed by atoms with Crippen molar-refractivity contribution >= 4 is 29.0 Å². The molecule has 3 heterocycles. The zero-order valence-corrected chi connectivity index (χ0v) is 19.8. The second-order valence-electron chi connectivity index (χ2n) is 7.82. The van der Waals surface area contributed by atoms with E-state index in [4.69, 9.17) is 9.47 Å². The van der Waals surface area contributed by atoms with Crippen LogP contribution in [0.4, 0.5) is 10.5 Å². The number of thiophene rings is 1. The van der Waals surface area contributed by atoms with E-state index in [2.05, 4.69) is 26.5 Å². The smallest absolute Gasteiger partial charge is 0.338 e. The quantitative estimate of drug-likeness (QED) is 0.577. The zero-order chi connectivity index (χ0) is 23.2. The molecule has 2 aromatic rings. The lowest BCUT2D eigenvalue weighted by atomic mass is 10.0. The van der Waals surface area contributed by atoms with E-state index in [1.807, 2.05) is 42.6 Å². The number of amides is 2. The van der Waals surface area contributed by atoms with Crippen LogP contribution in [-0.2, 0) is 9.53 Å². The number of hydrogen-bond acceptors (Lipinski definition) is 7. The number of ether oxygens (including phenoxy) is 2. The van der Waals surface area contributed by atoms with Crippen LogP contribution in [0.3, 0.4) is 0 Å². The highest BCUT2D eigenvalue weighted by molar-refractivity contribution is 7.10. The third-order valence-electron chi connectivity index (χ3n) is 5.74. The molecule has 0 unspecified atom stereocenters. The van der Waals surface area contributed by atoms with Gasteiger partial charge in [0, 0.05) is 43.3 Å². The van der Waals surface area contributed by atoms with Crippen LogP contribution in [0.2, 0.25) is 0 Å². The minimum Gasteiger partial charge on any atom is -0.492 e. The molecule has 2 N–H and O–H groups in total. The third-order valence-corrected chi connectivity index (χ3v) is 6.67. The molecule has 0 radical (unpaired) electrons. The largest absolute Gasteiger partial charge is 0.492 e. The topological polar surface area (TPSA) is 83.1 Å². The molecule has 1 aromatic carbocycles. The molecule has 2 aliphatic rings. The van der Waals surface area contributed by atoms with Crippen LogP contribution in [0.5, 0.6) is 5.75 Å². The standard InChI is InChI=1S/C24H30N4O4S/c1-3-31-19-9-6-5-8-18(19)28-13-11-27(12-14-28)16-17-21(23(29)32-4-2)22(26-24(30)25-17)20-10-7-15-33-20/h5-10,15,22H,3-4,11-14,16H2,1-2H3,(H2,25,26,30)/t22-/m0/s1. The maximum atomic E-state index is 12.9. The summed E-state index contributed by atoms with van der Waals surface area (Å²) < 4.78 is 11.1. The third kappa shape index (κ3) is 5.31. The number of hydrogen-bond donors (Lipinski definition) is 2. The molecule has 0 aliphatic carbocycles. The van der Waals surface area contributed by atoms with Crippen LogP contribution in [-0.4, -0.2) is 62.8 Å². The van der Waals surface area contributed by atoms with Crippen molar-refractivity contribution in [3.8, 4) is 5.75 Å². The Bertz CT molecular complexity index is 1000. The van der Waals surface area contributed by atoms with Gasteiger partial charge in [-0.1, -0.05) is 18.2 Å².